The molecular weight excluding hydrogens is 879 g/mol. The van der Waals surface area contributed by atoms with Gasteiger partial charge in [-0.25, -0.2) is 14.4 Å². The second-order valence-electron chi connectivity index (χ2n) is 17.7. The summed E-state index contributed by atoms with van der Waals surface area (Å²) in [4.78, 5) is 116. The molecule has 67 heavy (non-hydrogen) atoms. The first-order valence-electron chi connectivity index (χ1n) is 21.5. The standard InChI is InChI=1S/C48H51NO18/c1-24-25(2)41(54)65-38-36(62-28(5)52)40(66-43(56)31-18-13-10-14-19-31)47(23-59-26(3)50)39(63-29(6)53)35(61-27(4)51)33-37(64-42(55)30-16-11-9-12-17-30)48(47,46(38,8)58)67-45(33,7)22-60-44(57)32-20-15-21-49-34(24)32/h9-21,24-25,33,35-40,58H,22-23H2,1-8H3/t24-,25+,33?,35?,36+,37?,38+,39-,40+,45+,46+,47-,48?/m1/s1. The molecule has 356 valence electrons. The molecule has 4 bridgehead atoms. The van der Waals surface area contributed by atoms with Gasteiger partial charge in [0.1, 0.15) is 42.0 Å². The van der Waals surface area contributed by atoms with Crippen molar-refractivity contribution in [2.45, 2.75) is 115 Å². The minimum Gasteiger partial charge on any atom is -0.465 e. The molecule has 2 aromatic carbocycles. The zero-order chi connectivity index (χ0) is 48.8. The van der Waals surface area contributed by atoms with Gasteiger partial charge in [0, 0.05) is 39.8 Å². The number of fused-ring (bicyclic) bond motifs is 5. The average molecular weight is 930 g/mol. The molecule has 3 heterocycles. The molecule has 3 aromatic rings. The van der Waals surface area contributed by atoms with Gasteiger partial charge >= 0.3 is 47.8 Å². The lowest BCUT2D eigenvalue weighted by molar-refractivity contribution is -0.385. The van der Waals surface area contributed by atoms with Crippen LogP contribution in [0.4, 0.5) is 0 Å². The molecule has 4 unspecified atom stereocenters. The highest BCUT2D eigenvalue weighted by molar-refractivity contribution is 5.92. The SMILES string of the molecule is CC(=O)OC[C@]12[C@H](OC(C)=O)C(OC(C)=O)C3C(OC(=O)c4ccccc4)C14O[C@@]3(C)COC(=O)c1cccnc1[C@H](C)[C@H](C)C(=O)O[C@@H]([C@H](OC(C)=O)[C@@H]2OC(=O)c1ccccc1)[C@]4(C)O. The van der Waals surface area contributed by atoms with Crippen LogP contribution < -0.4 is 0 Å². The number of hydrogen-bond donors (Lipinski definition) is 1. The van der Waals surface area contributed by atoms with Crippen molar-refractivity contribution in [3.05, 3.63) is 101 Å². The number of benzene rings is 2. The lowest BCUT2D eigenvalue weighted by atomic mass is 9.45. The second kappa shape index (κ2) is 18.2. The quantitative estimate of drug-likeness (QED) is 0.238. The van der Waals surface area contributed by atoms with E-state index < -0.39 is 138 Å². The summed E-state index contributed by atoms with van der Waals surface area (Å²) >= 11 is 0. The van der Waals surface area contributed by atoms with Gasteiger partial charge < -0.3 is 47.7 Å². The summed E-state index contributed by atoms with van der Waals surface area (Å²) < 4.78 is 56.6. The fourth-order valence-corrected chi connectivity index (χ4v) is 10.4. The fourth-order valence-electron chi connectivity index (χ4n) is 10.4. The van der Waals surface area contributed by atoms with Crippen LogP contribution in [0.2, 0.25) is 0 Å². The summed E-state index contributed by atoms with van der Waals surface area (Å²) in [6.07, 6.45) is -11.1. The monoisotopic (exact) mass is 929 g/mol. The van der Waals surface area contributed by atoms with Gasteiger partial charge in [0.25, 0.3) is 0 Å². The van der Waals surface area contributed by atoms with Crippen molar-refractivity contribution >= 4 is 47.8 Å². The molecule has 13 atom stereocenters. The van der Waals surface area contributed by atoms with Crippen LogP contribution in [-0.2, 0) is 66.6 Å². The van der Waals surface area contributed by atoms with E-state index in [1.807, 2.05) is 0 Å². The molecule has 3 fully saturated rings. The molecule has 1 aromatic heterocycles. The van der Waals surface area contributed by atoms with E-state index in [0.717, 1.165) is 34.6 Å². The van der Waals surface area contributed by atoms with Crippen molar-refractivity contribution in [3.63, 3.8) is 0 Å². The number of aliphatic hydroxyl groups is 1. The number of hydrogen-bond acceptors (Lipinski definition) is 19. The van der Waals surface area contributed by atoms with E-state index in [1.54, 1.807) is 31.2 Å². The first kappa shape index (κ1) is 48.2. The van der Waals surface area contributed by atoms with Gasteiger partial charge in [-0.05, 0) is 50.2 Å². The highest BCUT2D eigenvalue weighted by atomic mass is 16.7. The summed E-state index contributed by atoms with van der Waals surface area (Å²) in [6, 6.07) is 17.8. The van der Waals surface area contributed by atoms with Crippen molar-refractivity contribution in [1.82, 2.24) is 4.98 Å². The van der Waals surface area contributed by atoms with E-state index >= 15 is 0 Å². The highest BCUT2D eigenvalue weighted by Crippen LogP contribution is 2.70. The number of rotatable bonds is 9. The Morgan fingerprint density at radius 1 is 0.687 bits per heavy atom. The van der Waals surface area contributed by atoms with Crippen LogP contribution >= 0.6 is 0 Å². The van der Waals surface area contributed by atoms with Crippen LogP contribution in [-0.4, -0.2) is 124 Å². The van der Waals surface area contributed by atoms with Gasteiger partial charge in [-0.15, -0.1) is 0 Å². The van der Waals surface area contributed by atoms with Crippen LogP contribution in [0.1, 0.15) is 98.1 Å². The minimum absolute atomic E-state index is 0.0377. The molecule has 1 N–H and O–H groups in total. The number of nitrogens with zero attached hydrogens (tertiary/aromatic N) is 1. The minimum atomic E-state index is -2.91. The van der Waals surface area contributed by atoms with Crippen molar-refractivity contribution < 1.29 is 86.1 Å². The van der Waals surface area contributed by atoms with Crippen LogP contribution in [0, 0.1) is 17.3 Å². The average Bonchev–Trinajstić information content (AvgIpc) is 3.51. The van der Waals surface area contributed by atoms with E-state index in [2.05, 4.69) is 4.98 Å². The van der Waals surface area contributed by atoms with E-state index in [0.29, 0.717) is 0 Å². The number of pyridine rings is 1. The van der Waals surface area contributed by atoms with Gasteiger partial charge in [0.15, 0.2) is 30.0 Å². The third kappa shape index (κ3) is 8.17. The number of esters is 8. The predicted octanol–water partition coefficient (Wildman–Crippen LogP) is 3.62. The van der Waals surface area contributed by atoms with Crippen molar-refractivity contribution in [1.29, 1.82) is 0 Å². The number of carbonyl (C=O) groups excluding carboxylic acids is 8. The van der Waals surface area contributed by atoms with E-state index in [4.69, 9.17) is 42.6 Å². The molecule has 19 heteroatoms. The second-order valence-corrected chi connectivity index (χ2v) is 17.7. The molecule has 19 nitrogen and oxygen atoms in total. The van der Waals surface area contributed by atoms with Gasteiger partial charge in [0.2, 0.25) is 0 Å². The molecule has 0 amide bonds. The summed E-state index contributed by atoms with van der Waals surface area (Å²) in [7, 11) is 0. The number of ether oxygens (including phenoxy) is 9. The Bertz CT molecular complexity index is 2460. The zero-order valence-electron chi connectivity index (χ0n) is 38.0. The molecule has 2 aliphatic heterocycles. The Morgan fingerprint density at radius 2 is 1.22 bits per heavy atom. The Kier molecular flexibility index (Phi) is 13.1. The topological polar surface area (TPSA) is 253 Å². The van der Waals surface area contributed by atoms with Crippen molar-refractivity contribution in [3.8, 4) is 0 Å². The van der Waals surface area contributed by atoms with Crippen LogP contribution in [0.3, 0.4) is 0 Å². The lowest BCUT2D eigenvalue weighted by Gasteiger charge is -2.67. The molecule has 7 rings (SSSR count). The molecule has 2 aliphatic carbocycles. The highest BCUT2D eigenvalue weighted by Gasteiger charge is 2.92. The molecular formula is C48H51NO18. The summed E-state index contributed by atoms with van der Waals surface area (Å²) in [5, 5.41) is 13.9. The number of carbonyl (C=O) groups is 8. The van der Waals surface area contributed by atoms with Crippen LogP contribution in [0.5, 0.6) is 0 Å². The van der Waals surface area contributed by atoms with Gasteiger partial charge in [-0.2, -0.15) is 0 Å². The Hall–Kier alpha value is -6.73. The van der Waals surface area contributed by atoms with E-state index in [1.165, 1.54) is 68.6 Å². The Labute approximate surface area is 384 Å². The third-order valence-electron chi connectivity index (χ3n) is 13.3. The largest absolute Gasteiger partial charge is 0.465 e. The predicted molar refractivity (Wildman–Crippen MR) is 225 cm³/mol. The van der Waals surface area contributed by atoms with Crippen LogP contribution in [0.15, 0.2) is 79.0 Å². The Balaban J connectivity index is 1.65. The lowest BCUT2D eigenvalue weighted by Crippen LogP contribution is -2.89. The summed E-state index contributed by atoms with van der Waals surface area (Å²) in [5.41, 5.74) is -10.7. The Morgan fingerprint density at radius 3 is 1.78 bits per heavy atom. The normalized spacial score (nSPS) is 34.1. The van der Waals surface area contributed by atoms with Gasteiger partial charge in [-0.3, -0.25) is 29.0 Å². The fraction of sp³-hybridized carbons (Fsp3) is 0.479. The van der Waals surface area contributed by atoms with E-state index in [9.17, 15) is 43.5 Å². The van der Waals surface area contributed by atoms with E-state index in [-0.39, 0.29) is 22.4 Å². The first-order valence-corrected chi connectivity index (χ1v) is 21.5. The molecule has 1 spiro atoms. The van der Waals surface area contributed by atoms with Gasteiger partial charge in [0.05, 0.1) is 34.2 Å². The third-order valence-corrected chi connectivity index (χ3v) is 13.3. The first-order chi connectivity index (χ1) is 31.6. The van der Waals surface area contributed by atoms with Crippen molar-refractivity contribution in [2.24, 2.45) is 17.3 Å². The maximum absolute atomic E-state index is 14.8. The van der Waals surface area contributed by atoms with Gasteiger partial charge in [-0.1, -0.05) is 50.2 Å². The number of cyclic esters (lactones) is 1. The smallest absolute Gasteiger partial charge is 0.340 e. The van der Waals surface area contributed by atoms with Crippen LogP contribution in [0.25, 0.3) is 0 Å². The molecule has 4 aliphatic rings. The molecule has 1 saturated heterocycles. The van der Waals surface area contributed by atoms with Crippen molar-refractivity contribution in [2.75, 3.05) is 13.2 Å². The summed E-state index contributed by atoms with van der Waals surface area (Å²) in [6.45, 7) is 7.66. The summed E-state index contributed by atoms with van der Waals surface area (Å²) in [5.74, 6) is -12.1. The maximum Gasteiger partial charge on any atom is 0.340 e. The molecule has 2 saturated carbocycles. The zero-order valence-corrected chi connectivity index (χ0v) is 38.0. The maximum atomic E-state index is 14.8. The molecule has 0 radical (unpaired) electrons. The number of aromatic nitrogens is 1.